The summed E-state index contributed by atoms with van der Waals surface area (Å²) >= 11 is 0. The van der Waals surface area contributed by atoms with Gasteiger partial charge in [-0.1, -0.05) is 6.07 Å². The molecule has 0 bridgehead atoms. The minimum Gasteiger partial charge on any atom is -0.490 e. The first-order valence-corrected chi connectivity index (χ1v) is 6.46. The normalized spacial score (nSPS) is 12.0. The molecule has 0 radical (unpaired) electrons. The highest BCUT2D eigenvalue weighted by Crippen LogP contribution is 2.19. The van der Waals surface area contributed by atoms with Gasteiger partial charge in [-0.25, -0.2) is 4.39 Å². The molecule has 1 rings (SSSR count). The molecule has 3 N–H and O–H groups in total. The van der Waals surface area contributed by atoms with Crippen LogP contribution >= 0.6 is 0 Å². The Hall–Kier alpha value is -1.62. The Kier molecular flexibility index (Phi) is 6.29. The minimum atomic E-state index is -0.422. The van der Waals surface area contributed by atoms with Crippen molar-refractivity contribution in [3.05, 3.63) is 29.6 Å². The van der Waals surface area contributed by atoms with Crippen LogP contribution in [0.2, 0.25) is 0 Å². The summed E-state index contributed by atoms with van der Waals surface area (Å²) in [7, 11) is 0. The molecular formula is C14H21FN2O2. The van der Waals surface area contributed by atoms with Gasteiger partial charge in [0.05, 0.1) is 13.0 Å². The Bertz CT molecular complexity index is 422. The van der Waals surface area contributed by atoms with Crippen molar-refractivity contribution in [2.24, 2.45) is 5.73 Å². The third-order valence-electron chi connectivity index (χ3n) is 2.51. The Morgan fingerprint density at radius 1 is 1.53 bits per heavy atom. The number of halogens is 1. The SMILES string of the molecule is CCNC(=O)CCOc1ccc(CC(C)N)cc1F. The first kappa shape index (κ1) is 15.4. The Balaban J connectivity index is 2.48. The van der Waals surface area contributed by atoms with Crippen LogP contribution in [-0.2, 0) is 11.2 Å². The highest BCUT2D eigenvalue weighted by Gasteiger charge is 2.07. The van der Waals surface area contributed by atoms with E-state index in [0.717, 1.165) is 5.56 Å². The van der Waals surface area contributed by atoms with E-state index < -0.39 is 5.82 Å². The van der Waals surface area contributed by atoms with Crippen LogP contribution in [0.4, 0.5) is 4.39 Å². The molecule has 0 saturated heterocycles. The Labute approximate surface area is 113 Å². The molecule has 0 fully saturated rings. The van der Waals surface area contributed by atoms with Crippen molar-refractivity contribution in [1.29, 1.82) is 0 Å². The summed E-state index contributed by atoms with van der Waals surface area (Å²) in [5.74, 6) is -0.358. The van der Waals surface area contributed by atoms with Gasteiger partial charge in [0.15, 0.2) is 11.6 Å². The third-order valence-corrected chi connectivity index (χ3v) is 2.51. The fourth-order valence-electron chi connectivity index (χ4n) is 1.70. The third kappa shape index (κ3) is 5.70. The standard InChI is InChI=1S/C14H21FN2O2/c1-3-17-14(18)6-7-19-13-5-4-11(8-10(2)16)9-12(13)15/h4-5,9-10H,3,6-8,16H2,1-2H3,(H,17,18). The number of hydrogen-bond donors (Lipinski definition) is 2. The van der Waals surface area contributed by atoms with Crippen LogP contribution in [0.1, 0.15) is 25.8 Å². The van der Waals surface area contributed by atoms with Crippen LogP contribution in [0.25, 0.3) is 0 Å². The molecule has 0 aliphatic rings. The van der Waals surface area contributed by atoms with Gasteiger partial charge < -0.3 is 15.8 Å². The van der Waals surface area contributed by atoms with Crippen LogP contribution in [0, 0.1) is 5.82 Å². The van der Waals surface area contributed by atoms with Crippen molar-refractivity contribution in [1.82, 2.24) is 5.32 Å². The minimum absolute atomic E-state index is 0.0103. The van der Waals surface area contributed by atoms with Crippen molar-refractivity contribution in [3.8, 4) is 5.75 Å². The number of rotatable bonds is 7. The summed E-state index contributed by atoms with van der Waals surface area (Å²) < 4.78 is 19.0. The number of hydrogen-bond acceptors (Lipinski definition) is 3. The zero-order valence-corrected chi connectivity index (χ0v) is 11.4. The summed E-state index contributed by atoms with van der Waals surface area (Å²) in [5.41, 5.74) is 6.49. The van der Waals surface area contributed by atoms with Crippen LogP contribution in [0.5, 0.6) is 5.75 Å². The number of nitrogens with one attached hydrogen (secondary N) is 1. The van der Waals surface area contributed by atoms with E-state index in [1.54, 1.807) is 12.1 Å². The van der Waals surface area contributed by atoms with E-state index in [1.165, 1.54) is 6.07 Å². The van der Waals surface area contributed by atoms with Gasteiger partial charge in [-0.05, 0) is 38.0 Å². The smallest absolute Gasteiger partial charge is 0.223 e. The second-order valence-electron chi connectivity index (χ2n) is 4.50. The molecule has 1 amide bonds. The molecule has 1 aromatic carbocycles. The van der Waals surface area contributed by atoms with Crippen LogP contribution in [-0.4, -0.2) is 25.1 Å². The fraction of sp³-hybridized carbons (Fsp3) is 0.500. The van der Waals surface area contributed by atoms with Crippen molar-refractivity contribution >= 4 is 5.91 Å². The largest absolute Gasteiger partial charge is 0.490 e. The first-order chi connectivity index (χ1) is 9.02. The lowest BCUT2D eigenvalue weighted by Gasteiger charge is -2.10. The van der Waals surface area contributed by atoms with E-state index >= 15 is 0 Å². The first-order valence-electron chi connectivity index (χ1n) is 6.46. The topological polar surface area (TPSA) is 64.3 Å². The monoisotopic (exact) mass is 268 g/mol. The lowest BCUT2D eigenvalue weighted by atomic mass is 10.1. The van der Waals surface area contributed by atoms with Gasteiger partial charge in [-0.15, -0.1) is 0 Å². The van der Waals surface area contributed by atoms with Crippen LogP contribution in [0.3, 0.4) is 0 Å². The van der Waals surface area contributed by atoms with Gasteiger partial charge in [-0.3, -0.25) is 4.79 Å². The zero-order chi connectivity index (χ0) is 14.3. The highest BCUT2D eigenvalue weighted by molar-refractivity contribution is 5.75. The van der Waals surface area contributed by atoms with E-state index in [4.69, 9.17) is 10.5 Å². The molecule has 0 aliphatic carbocycles. The zero-order valence-electron chi connectivity index (χ0n) is 11.4. The molecule has 0 aliphatic heterocycles. The fourth-order valence-corrected chi connectivity index (χ4v) is 1.70. The molecule has 5 heteroatoms. The summed E-state index contributed by atoms with van der Waals surface area (Å²) in [4.78, 5) is 11.2. The molecule has 1 aromatic rings. The quantitative estimate of drug-likeness (QED) is 0.790. The Morgan fingerprint density at radius 3 is 2.84 bits per heavy atom. The highest BCUT2D eigenvalue weighted by atomic mass is 19.1. The maximum absolute atomic E-state index is 13.7. The van der Waals surface area contributed by atoms with Crippen molar-refractivity contribution in [2.75, 3.05) is 13.2 Å². The van der Waals surface area contributed by atoms with Crippen molar-refractivity contribution in [3.63, 3.8) is 0 Å². The second-order valence-corrected chi connectivity index (χ2v) is 4.50. The molecule has 0 aromatic heterocycles. The summed E-state index contributed by atoms with van der Waals surface area (Å²) in [6.07, 6.45) is 0.838. The van der Waals surface area contributed by atoms with E-state index in [9.17, 15) is 9.18 Å². The van der Waals surface area contributed by atoms with Gasteiger partial charge in [0.25, 0.3) is 0 Å². The lowest BCUT2D eigenvalue weighted by Crippen LogP contribution is -2.24. The van der Waals surface area contributed by atoms with Crippen LogP contribution in [0.15, 0.2) is 18.2 Å². The maximum Gasteiger partial charge on any atom is 0.223 e. The molecule has 106 valence electrons. The second kappa shape index (κ2) is 7.74. The average Bonchev–Trinajstić information content (AvgIpc) is 2.31. The van der Waals surface area contributed by atoms with E-state index in [1.807, 2.05) is 13.8 Å². The molecule has 19 heavy (non-hydrogen) atoms. The van der Waals surface area contributed by atoms with Gasteiger partial charge in [-0.2, -0.15) is 0 Å². The molecule has 1 unspecified atom stereocenters. The lowest BCUT2D eigenvalue weighted by molar-refractivity contribution is -0.121. The molecular weight excluding hydrogens is 247 g/mol. The molecule has 0 saturated carbocycles. The predicted octanol–water partition coefficient (Wildman–Crippen LogP) is 1.62. The van der Waals surface area contributed by atoms with Gasteiger partial charge in [0.2, 0.25) is 5.91 Å². The van der Waals surface area contributed by atoms with E-state index in [2.05, 4.69) is 5.32 Å². The number of amides is 1. The summed E-state index contributed by atoms with van der Waals surface area (Å²) in [6, 6.07) is 4.77. The number of nitrogens with two attached hydrogens (primary N) is 1. The van der Waals surface area contributed by atoms with E-state index in [0.29, 0.717) is 13.0 Å². The molecule has 4 nitrogen and oxygen atoms in total. The number of benzene rings is 1. The van der Waals surface area contributed by atoms with E-state index in [-0.39, 0.29) is 30.7 Å². The predicted molar refractivity (Wildman–Crippen MR) is 72.5 cm³/mol. The van der Waals surface area contributed by atoms with Gasteiger partial charge in [0.1, 0.15) is 0 Å². The molecule has 0 heterocycles. The van der Waals surface area contributed by atoms with Crippen molar-refractivity contribution in [2.45, 2.75) is 32.7 Å². The molecule has 1 atom stereocenters. The summed E-state index contributed by atoms with van der Waals surface area (Å²) in [6.45, 7) is 4.46. The number of carbonyl (C=O) groups is 1. The van der Waals surface area contributed by atoms with Gasteiger partial charge in [0, 0.05) is 12.6 Å². The average molecular weight is 268 g/mol. The van der Waals surface area contributed by atoms with Crippen molar-refractivity contribution < 1.29 is 13.9 Å². The Morgan fingerprint density at radius 2 is 2.26 bits per heavy atom. The number of ether oxygens (including phenoxy) is 1. The molecule has 0 spiro atoms. The maximum atomic E-state index is 13.7. The summed E-state index contributed by atoms with van der Waals surface area (Å²) in [5, 5.41) is 2.65. The van der Waals surface area contributed by atoms with Crippen LogP contribution < -0.4 is 15.8 Å². The number of carbonyl (C=O) groups excluding carboxylic acids is 1. The van der Waals surface area contributed by atoms with Gasteiger partial charge >= 0.3 is 0 Å².